The van der Waals surface area contributed by atoms with Crippen molar-refractivity contribution in [1.82, 2.24) is 5.48 Å². The van der Waals surface area contributed by atoms with Gasteiger partial charge in [0, 0.05) is 18.2 Å². The van der Waals surface area contributed by atoms with Gasteiger partial charge >= 0.3 is 5.97 Å². The van der Waals surface area contributed by atoms with E-state index in [1.807, 2.05) is 5.48 Å². The van der Waals surface area contributed by atoms with Crippen molar-refractivity contribution in [1.29, 1.82) is 0 Å². The standard InChI is InChI=1S/C7H10Br2N2O4/c8-3-4(9)7(14)15-11-6(13)2-1-5(10)12/h4H,1-3H2,(H2,10,12)(H,11,13). The first-order chi connectivity index (χ1) is 6.97. The third-order valence-corrected chi connectivity index (χ3v) is 3.47. The van der Waals surface area contributed by atoms with Crippen molar-refractivity contribution in [3.8, 4) is 0 Å². The van der Waals surface area contributed by atoms with Crippen LogP contribution >= 0.6 is 31.9 Å². The van der Waals surface area contributed by atoms with E-state index in [0.717, 1.165) is 0 Å². The number of carbonyl (C=O) groups excluding carboxylic acids is 3. The summed E-state index contributed by atoms with van der Waals surface area (Å²) in [6.07, 6.45) is -0.191. The van der Waals surface area contributed by atoms with Crippen LogP contribution in [0.3, 0.4) is 0 Å². The van der Waals surface area contributed by atoms with Crippen molar-refractivity contribution in [2.75, 3.05) is 5.33 Å². The number of rotatable bonds is 5. The third kappa shape index (κ3) is 7.32. The molecule has 0 bridgehead atoms. The van der Waals surface area contributed by atoms with Crippen LogP contribution in [-0.4, -0.2) is 27.9 Å². The quantitative estimate of drug-likeness (QED) is 0.540. The first-order valence-corrected chi connectivity index (χ1v) is 5.99. The Labute approximate surface area is 103 Å². The lowest BCUT2D eigenvalue weighted by molar-refractivity contribution is -0.157. The maximum Gasteiger partial charge on any atom is 0.346 e. The predicted molar refractivity (Wildman–Crippen MR) is 59.2 cm³/mol. The van der Waals surface area contributed by atoms with Gasteiger partial charge in [-0.25, -0.2) is 4.79 Å². The van der Waals surface area contributed by atoms with Gasteiger partial charge in [-0.3, -0.25) is 9.59 Å². The van der Waals surface area contributed by atoms with Crippen LogP contribution in [0.25, 0.3) is 0 Å². The molecule has 0 fully saturated rings. The minimum absolute atomic E-state index is 0.0838. The van der Waals surface area contributed by atoms with Crippen LogP contribution in [-0.2, 0) is 19.2 Å². The minimum atomic E-state index is -0.626. The lowest BCUT2D eigenvalue weighted by Gasteiger charge is -2.07. The molecule has 0 rings (SSSR count). The molecule has 1 atom stereocenters. The maximum atomic E-state index is 11.0. The summed E-state index contributed by atoms with van der Waals surface area (Å²) < 4.78 is 0. The van der Waals surface area contributed by atoms with Gasteiger partial charge in [-0.15, -0.1) is 0 Å². The summed E-state index contributed by atoms with van der Waals surface area (Å²) in [5.74, 6) is -1.79. The van der Waals surface area contributed by atoms with Gasteiger partial charge < -0.3 is 10.6 Å². The molecule has 6 nitrogen and oxygen atoms in total. The fraction of sp³-hybridized carbons (Fsp3) is 0.571. The molecule has 0 aromatic rings. The zero-order chi connectivity index (χ0) is 11.8. The van der Waals surface area contributed by atoms with Crippen molar-refractivity contribution in [2.24, 2.45) is 5.73 Å². The Hall–Kier alpha value is -0.630. The van der Waals surface area contributed by atoms with Crippen LogP contribution in [0.2, 0.25) is 0 Å². The molecule has 8 heteroatoms. The maximum absolute atomic E-state index is 11.0. The number of nitrogens with one attached hydrogen (secondary N) is 1. The molecule has 86 valence electrons. The van der Waals surface area contributed by atoms with Gasteiger partial charge in [0.05, 0.1) is 0 Å². The number of carbonyl (C=O) groups is 3. The Balaban J connectivity index is 3.71. The van der Waals surface area contributed by atoms with Gasteiger partial charge in [0.2, 0.25) is 5.91 Å². The fourth-order valence-corrected chi connectivity index (χ4v) is 0.880. The van der Waals surface area contributed by atoms with E-state index in [-0.39, 0.29) is 12.8 Å². The van der Waals surface area contributed by atoms with Gasteiger partial charge in [-0.05, 0) is 0 Å². The van der Waals surface area contributed by atoms with E-state index in [0.29, 0.717) is 5.33 Å². The molecule has 0 radical (unpaired) electrons. The van der Waals surface area contributed by atoms with Gasteiger partial charge in [-0.1, -0.05) is 31.9 Å². The number of hydroxylamine groups is 1. The molecular weight excluding hydrogens is 336 g/mol. The van der Waals surface area contributed by atoms with Crippen molar-refractivity contribution < 1.29 is 19.2 Å². The first kappa shape index (κ1) is 14.4. The van der Waals surface area contributed by atoms with Crippen molar-refractivity contribution in [3.05, 3.63) is 0 Å². The molecule has 0 saturated carbocycles. The highest BCUT2D eigenvalue weighted by molar-refractivity contribution is 9.12. The molecule has 0 saturated heterocycles. The SMILES string of the molecule is NC(=O)CCC(=O)NOC(=O)C(Br)CBr. The second kappa shape index (κ2) is 7.63. The van der Waals surface area contributed by atoms with Gasteiger partial charge in [0.1, 0.15) is 4.83 Å². The summed E-state index contributed by atoms with van der Waals surface area (Å²) in [4.78, 5) is 36.2. The molecule has 0 aliphatic heterocycles. The molecule has 0 heterocycles. The van der Waals surface area contributed by atoms with Crippen LogP contribution in [0, 0.1) is 0 Å². The Morgan fingerprint density at radius 2 is 1.93 bits per heavy atom. The number of hydrogen-bond donors (Lipinski definition) is 2. The molecule has 0 aromatic heterocycles. The average Bonchev–Trinajstić information content (AvgIpc) is 2.21. The van der Waals surface area contributed by atoms with E-state index in [1.165, 1.54) is 0 Å². The van der Waals surface area contributed by atoms with Crippen LogP contribution in [0.5, 0.6) is 0 Å². The summed E-state index contributed by atoms with van der Waals surface area (Å²) in [7, 11) is 0. The Bertz CT molecular complexity index is 259. The van der Waals surface area contributed by atoms with Crippen LogP contribution in [0.1, 0.15) is 12.8 Å². The van der Waals surface area contributed by atoms with Gasteiger partial charge in [-0.2, -0.15) is 5.48 Å². The number of hydrogen-bond acceptors (Lipinski definition) is 4. The van der Waals surface area contributed by atoms with E-state index in [2.05, 4.69) is 36.7 Å². The molecule has 2 amide bonds. The summed E-state index contributed by atoms with van der Waals surface area (Å²) in [6, 6.07) is 0. The topological polar surface area (TPSA) is 98.5 Å². The van der Waals surface area contributed by atoms with E-state index < -0.39 is 22.6 Å². The lowest BCUT2D eigenvalue weighted by atomic mass is 10.3. The predicted octanol–water partition coefficient (Wildman–Crippen LogP) is -0.0153. The van der Waals surface area contributed by atoms with Crippen LogP contribution in [0.4, 0.5) is 0 Å². The Morgan fingerprint density at radius 3 is 2.40 bits per heavy atom. The number of amides is 2. The van der Waals surface area contributed by atoms with Crippen molar-refractivity contribution >= 4 is 49.6 Å². The molecule has 0 aliphatic rings. The fourth-order valence-electron chi connectivity index (χ4n) is 0.522. The molecule has 0 spiro atoms. The Morgan fingerprint density at radius 1 is 1.33 bits per heavy atom. The lowest BCUT2D eigenvalue weighted by Crippen LogP contribution is -2.31. The number of alkyl halides is 2. The second-order valence-corrected chi connectivity index (χ2v) is 4.29. The highest BCUT2D eigenvalue weighted by Gasteiger charge is 2.16. The summed E-state index contributed by atoms with van der Waals surface area (Å²) in [6.45, 7) is 0. The van der Waals surface area contributed by atoms with Gasteiger partial charge in [0.15, 0.2) is 0 Å². The largest absolute Gasteiger partial charge is 0.370 e. The van der Waals surface area contributed by atoms with Crippen molar-refractivity contribution in [2.45, 2.75) is 17.7 Å². The highest BCUT2D eigenvalue weighted by Crippen LogP contribution is 2.04. The molecule has 3 N–H and O–H groups in total. The normalized spacial score (nSPS) is 11.6. The zero-order valence-corrected chi connectivity index (χ0v) is 10.8. The zero-order valence-electron chi connectivity index (χ0n) is 7.66. The van der Waals surface area contributed by atoms with E-state index in [9.17, 15) is 14.4 Å². The molecular formula is C7H10Br2N2O4. The summed E-state index contributed by atoms with van der Waals surface area (Å²) >= 11 is 6.06. The third-order valence-electron chi connectivity index (χ3n) is 1.26. The molecule has 1 unspecified atom stereocenters. The molecule has 15 heavy (non-hydrogen) atoms. The number of nitrogens with two attached hydrogens (primary N) is 1. The molecule has 0 aliphatic carbocycles. The summed E-state index contributed by atoms with van der Waals surface area (Å²) in [5, 5.41) is 0.364. The van der Waals surface area contributed by atoms with Gasteiger partial charge in [0.25, 0.3) is 5.91 Å². The summed E-state index contributed by atoms with van der Waals surface area (Å²) in [5.41, 5.74) is 6.73. The monoisotopic (exact) mass is 344 g/mol. The van der Waals surface area contributed by atoms with Crippen LogP contribution < -0.4 is 11.2 Å². The molecule has 0 aromatic carbocycles. The first-order valence-electron chi connectivity index (χ1n) is 3.95. The van der Waals surface area contributed by atoms with E-state index in [1.54, 1.807) is 0 Å². The van der Waals surface area contributed by atoms with E-state index >= 15 is 0 Å². The van der Waals surface area contributed by atoms with Crippen LogP contribution in [0.15, 0.2) is 0 Å². The second-order valence-electron chi connectivity index (χ2n) is 2.53. The number of halogens is 2. The minimum Gasteiger partial charge on any atom is -0.370 e. The average molecular weight is 346 g/mol. The van der Waals surface area contributed by atoms with E-state index in [4.69, 9.17) is 5.73 Å². The highest BCUT2D eigenvalue weighted by atomic mass is 79.9. The smallest absolute Gasteiger partial charge is 0.346 e. The van der Waals surface area contributed by atoms with Crippen molar-refractivity contribution in [3.63, 3.8) is 0 Å². The number of primary amides is 1. The Kier molecular flexibility index (Phi) is 7.31.